The molecule has 4 nitrogen and oxygen atoms in total. The normalized spacial score (nSPS) is 19.1. The number of nitrogens with one attached hydrogen (secondary N) is 1. The number of ether oxygens (including phenoxy) is 3. The number of hydrogen-bond donors (Lipinski definition) is 1. The summed E-state index contributed by atoms with van der Waals surface area (Å²) in [6, 6.07) is 7.74. The molecule has 0 saturated carbocycles. The van der Waals surface area contributed by atoms with Crippen LogP contribution in [0.1, 0.15) is 19.8 Å². The van der Waals surface area contributed by atoms with Crippen molar-refractivity contribution in [2.75, 3.05) is 32.9 Å². The molecule has 0 amide bonds. The Morgan fingerprint density at radius 3 is 2.63 bits per heavy atom. The van der Waals surface area contributed by atoms with Gasteiger partial charge in [-0.05, 0) is 38.4 Å². The summed E-state index contributed by atoms with van der Waals surface area (Å²) in [7, 11) is 0. The number of hydrogen-bond acceptors (Lipinski definition) is 4. The van der Waals surface area contributed by atoms with Crippen molar-refractivity contribution in [3.05, 3.63) is 24.3 Å². The second-order valence-electron chi connectivity index (χ2n) is 4.57. The standard InChI is InChI=1S/C15H23NO3/c1-2-17-14-7-3-4-8-15(14)19-11-10-18-13-6-5-9-16-12-13/h3-4,7-8,13,16H,2,5-6,9-12H2,1H3/t13-/m0/s1. The van der Waals surface area contributed by atoms with E-state index in [1.165, 1.54) is 6.42 Å². The molecule has 0 radical (unpaired) electrons. The van der Waals surface area contributed by atoms with Crippen LogP contribution in [0.25, 0.3) is 0 Å². The van der Waals surface area contributed by atoms with Crippen molar-refractivity contribution in [3.8, 4) is 11.5 Å². The third-order valence-electron chi connectivity index (χ3n) is 3.10. The van der Waals surface area contributed by atoms with E-state index in [1.54, 1.807) is 0 Å². The van der Waals surface area contributed by atoms with Gasteiger partial charge in [0.25, 0.3) is 0 Å². The van der Waals surface area contributed by atoms with Crippen LogP contribution in [-0.2, 0) is 4.74 Å². The monoisotopic (exact) mass is 265 g/mol. The second-order valence-corrected chi connectivity index (χ2v) is 4.57. The molecule has 106 valence electrons. The molecule has 19 heavy (non-hydrogen) atoms. The highest BCUT2D eigenvalue weighted by molar-refractivity contribution is 5.39. The third kappa shape index (κ3) is 4.73. The topological polar surface area (TPSA) is 39.7 Å². The summed E-state index contributed by atoms with van der Waals surface area (Å²) in [5.74, 6) is 1.58. The van der Waals surface area contributed by atoms with Crippen LogP contribution in [0.4, 0.5) is 0 Å². The van der Waals surface area contributed by atoms with Crippen molar-refractivity contribution in [2.24, 2.45) is 0 Å². The van der Waals surface area contributed by atoms with Gasteiger partial charge in [-0.2, -0.15) is 0 Å². The molecular weight excluding hydrogens is 242 g/mol. The Hall–Kier alpha value is -1.26. The molecule has 1 atom stereocenters. The van der Waals surface area contributed by atoms with Gasteiger partial charge in [0.05, 0.1) is 19.3 Å². The summed E-state index contributed by atoms with van der Waals surface area (Å²) in [4.78, 5) is 0. The second kappa shape index (κ2) is 8.02. The van der Waals surface area contributed by atoms with E-state index in [2.05, 4.69) is 5.32 Å². The first kappa shape index (κ1) is 14.2. The van der Waals surface area contributed by atoms with Crippen molar-refractivity contribution < 1.29 is 14.2 Å². The van der Waals surface area contributed by atoms with Crippen LogP contribution in [0.2, 0.25) is 0 Å². The number of para-hydroxylation sites is 2. The molecule has 0 aliphatic carbocycles. The minimum absolute atomic E-state index is 0.333. The molecule has 1 N–H and O–H groups in total. The fourth-order valence-electron chi connectivity index (χ4n) is 2.17. The molecule has 1 heterocycles. The summed E-state index contributed by atoms with van der Waals surface area (Å²) in [5, 5.41) is 3.33. The van der Waals surface area contributed by atoms with Crippen LogP contribution < -0.4 is 14.8 Å². The lowest BCUT2D eigenvalue weighted by molar-refractivity contribution is 0.0201. The Kier molecular flexibility index (Phi) is 5.98. The fourth-order valence-corrected chi connectivity index (χ4v) is 2.17. The highest BCUT2D eigenvalue weighted by atomic mass is 16.5. The predicted molar refractivity (Wildman–Crippen MR) is 74.9 cm³/mol. The number of rotatable bonds is 7. The summed E-state index contributed by atoms with van der Waals surface area (Å²) >= 11 is 0. The molecule has 0 unspecified atom stereocenters. The summed E-state index contributed by atoms with van der Waals surface area (Å²) in [5.41, 5.74) is 0. The van der Waals surface area contributed by atoms with Gasteiger partial charge in [0.1, 0.15) is 6.61 Å². The Labute approximate surface area is 115 Å². The third-order valence-corrected chi connectivity index (χ3v) is 3.10. The molecular formula is C15H23NO3. The first-order valence-corrected chi connectivity index (χ1v) is 7.07. The molecule has 1 fully saturated rings. The smallest absolute Gasteiger partial charge is 0.161 e. The minimum atomic E-state index is 0.333. The Balaban J connectivity index is 1.70. The van der Waals surface area contributed by atoms with E-state index in [-0.39, 0.29) is 0 Å². The maximum Gasteiger partial charge on any atom is 0.161 e. The average molecular weight is 265 g/mol. The van der Waals surface area contributed by atoms with Crippen LogP contribution in [0.3, 0.4) is 0 Å². The van der Waals surface area contributed by atoms with Gasteiger partial charge >= 0.3 is 0 Å². The zero-order valence-corrected chi connectivity index (χ0v) is 11.6. The van der Waals surface area contributed by atoms with Crippen LogP contribution in [0, 0.1) is 0 Å². The van der Waals surface area contributed by atoms with E-state index < -0.39 is 0 Å². The van der Waals surface area contributed by atoms with Gasteiger partial charge in [-0.3, -0.25) is 0 Å². The first-order chi connectivity index (χ1) is 9.40. The van der Waals surface area contributed by atoms with Crippen LogP contribution in [0.15, 0.2) is 24.3 Å². The predicted octanol–water partition coefficient (Wildman–Crippen LogP) is 2.23. The Bertz CT molecular complexity index is 364. The zero-order valence-electron chi connectivity index (χ0n) is 11.6. The highest BCUT2D eigenvalue weighted by Gasteiger charge is 2.12. The molecule has 1 saturated heterocycles. The van der Waals surface area contributed by atoms with Gasteiger partial charge in [0.2, 0.25) is 0 Å². The summed E-state index contributed by atoms with van der Waals surface area (Å²) in [6.45, 7) is 5.85. The van der Waals surface area contributed by atoms with E-state index in [0.29, 0.717) is 25.9 Å². The van der Waals surface area contributed by atoms with Gasteiger partial charge in [0, 0.05) is 6.54 Å². The lowest BCUT2D eigenvalue weighted by Crippen LogP contribution is -2.36. The van der Waals surface area contributed by atoms with E-state index in [0.717, 1.165) is 31.0 Å². The van der Waals surface area contributed by atoms with Gasteiger partial charge in [-0.25, -0.2) is 0 Å². The molecule has 0 aromatic heterocycles. The SMILES string of the molecule is CCOc1ccccc1OCCO[C@H]1CCCNC1. The minimum Gasteiger partial charge on any atom is -0.490 e. The van der Waals surface area contributed by atoms with Crippen molar-refractivity contribution in [2.45, 2.75) is 25.9 Å². The number of piperidine rings is 1. The van der Waals surface area contributed by atoms with Gasteiger partial charge in [-0.1, -0.05) is 12.1 Å². The van der Waals surface area contributed by atoms with Crippen molar-refractivity contribution in [1.82, 2.24) is 5.32 Å². The quantitative estimate of drug-likeness (QED) is 0.767. The lowest BCUT2D eigenvalue weighted by atomic mass is 10.1. The first-order valence-electron chi connectivity index (χ1n) is 7.07. The van der Waals surface area contributed by atoms with Crippen molar-refractivity contribution in [3.63, 3.8) is 0 Å². The molecule has 0 bridgehead atoms. The van der Waals surface area contributed by atoms with E-state index >= 15 is 0 Å². The van der Waals surface area contributed by atoms with Crippen LogP contribution >= 0.6 is 0 Å². The molecule has 4 heteroatoms. The maximum absolute atomic E-state index is 5.78. The van der Waals surface area contributed by atoms with Gasteiger partial charge < -0.3 is 19.5 Å². The zero-order chi connectivity index (χ0) is 13.3. The summed E-state index contributed by atoms with van der Waals surface area (Å²) in [6.07, 6.45) is 2.67. The molecule has 2 rings (SSSR count). The fraction of sp³-hybridized carbons (Fsp3) is 0.600. The summed E-state index contributed by atoms with van der Waals surface area (Å²) < 4.78 is 17.0. The molecule has 0 spiro atoms. The lowest BCUT2D eigenvalue weighted by Gasteiger charge is -2.23. The van der Waals surface area contributed by atoms with Crippen molar-refractivity contribution in [1.29, 1.82) is 0 Å². The van der Waals surface area contributed by atoms with Gasteiger partial charge in [0.15, 0.2) is 11.5 Å². The molecule has 1 aromatic carbocycles. The molecule has 1 aromatic rings. The van der Waals surface area contributed by atoms with Crippen molar-refractivity contribution >= 4 is 0 Å². The van der Waals surface area contributed by atoms with Gasteiger partial charge in [-0.15, -0.1) is 0 Å². The van der Waals surface area contributed by atoms with E-state index in [9.17, 15) is 0 Å². The van der Waals surface area contributed by atoms with E-state index in [1.807, 2.05) is 31.2 Å². The highest BCUT2D eigenvalue weighted by Crippen LogP contribution is 2.26. The van der Waals surface area contributed by atoms with Crippen LogP contribution in [0.5, 0.6) is 11.5 Å². The largest absolute Gasteiger partial charge is 0.490 e. The Morgan fingerprint density at radius 2 is 1.95 bits per heavy atom. The maximum atomic E-state index is 5.78. The molecule has 1 aliphatic heterocycles. The van der Waals surface area contributed by atoms with E-state index in [4.69, 9.17) is 14.2 Å². The molecule has 1 aliphatic rings. The number of benzene rings is 1. The Morgan fingerprint density at radius 1 is 1.16 bits per heavy atom. The average Bonchev–Trinajstić information content (AvgIpc) is 2.47. The van der Waals surface area contributed by atoms with Crippen LogP contribution in [-0.4, -0.2) is 39.0 Å².